The van der Waals surface area contributed by atoms with Crippen LogP contribution in [0.5, 0.6) is 0 Å². The van der Waals surface area contributed by atoms with Crippen molar-refractivity contribution in [3.8, 4) is 0 Å². The number of hydrogen-bond donors (Lipinski definition) is 1. The average Bonchev–Trinajstić information content (AvgIpc) is 3.09. The molecule has 0 amide bonds. The monoisotopic (exact) mass is 361 g/mol. The first kappa shape index (κ1) is 15.9. The lowest BCUT2D eigenvalue weighted by Crippen LogP contribution is -2.47. The topological polar surface area (TPSA) is 85.1 Å². The Morgan fingerprint density at radius 3 is 2.59 bits per heavy atom. The molecule has 0 atom stereocenters. The Bertz CT molecular complexity index is 763. The van der Waals surface area contributed by atoms with E-state index in [2.05, 4.69) is 14.9 Å². The van der Waals surface area contributed by atoms with Gasteiger partial charge >= 0.3 is 0 Å². The highest BCUT2D eigenvalue weighted by atomic mass is 35.5. The molecule has 6 nitrogen and oxygen atoms in total. The summed E-state index contributed by atoms with van der Waals surface area (Å²) in [6.07, 6.45) is 4.22. The first-order valence-corrected chi connectivity index (χ1v) is 9.69. The molecule has 22 heavy (non-hydrogen) atoms. The summed E-state index contributed by atoms with van der Waals surface area (Å²) in [6.45, 7) is 1.70. The van der Waals surface area contributed by atoms with Crippen LogP contribution in [-0.2, 0) is 15.6 Å². The molecule has 2 heterocycles. The molecule has 1 aliphatic rings. The van der Waals surface area contributed by atoms with Crippen LogP contribution in [-0.4, -0.2) is 18.6 Å². The second-order valence-electron chi connectivity index (χ2n) is 5.44. The minimum absolute atomic E-state index is 0.197. The largest absolute Gasteiger partial charge is 0.340 e. The molecule has 9 heteroatoms. The van der Waals surface area contributed by atoms with Crippen molar-refractivity contribution in [2.24, 2.45) is 0 Å². The predicted octanol–water partition coefficient (Wildman–Crippen LogP) is 3.23. The zero-order valence-electron chi connectivity index (χ0n) is 12.0. The van der Waals surface area contributed by atoms with E-state index < -0.39 is 15.6 Å². The summed E-state index contributed by atoms with van der Waals surface area (Å²) in [5.41, 5.74) is -0.800. The van der Waals surface area contributed by atoms with Crippen LogP contribution in [0, 0.1) is 6.92 Å². The summed E-state index contributed by atoms with van der Waals surface area (Å²) < 4.78 is 33.8. The Labute approximate surface area is 137 Å². The van der Waals surface area contributed by atoms with Crippen LogP contribution in [0.1, 0.15) is 43.8 Å². The van der Waals surface area contributed by atoms with Crippen LogP contribution in [0.15, 0.2) is 20.9 Å². The van der Waals surface area contributed by atoms with Crippen LogP contribution >= 0.6 is 22.9 Å². The molecular weight excluding hydrogens is 346 g/mol. The van der Waals surface area contributed by atoms with Gasteiger partial charge in [0, 0.05) is 6.92 Å². The van der Waals surface area contributed by atoms with Crippen molar-refractivity contribution in [3.05, 3.63) is 28.2 Å². The van der Waals surface area contributed by atoms with E-state index in [0.717, 1.165) is 30.6 Å². The predicted molar refractivity (Wildman–Crippen MR) is 83.4 cm³/mol. The number of nitrogens with one attached hydrogen (secondary N) is 1. The number of thiophene rings is 1. The molecule has 1 N–H and O–H groups in total. The molecule has 3 rings (SSSR count). The third-order valence-electron chi connectivity index (χ3n) is 3.81. The molecule has 0 aromatic carbocycles. The van der Waals surface area contributed by atoms with Crippen LogP contribution in [0.2, 0.25) is 4.34 Å². The van der Waals surface area contributed by atoms with Gasteiger partial charge in [0.05, 0.1) is 9.88 Å². The maximum Gasteiger partial charge on any atom is 0.251 e. The molecule has 0 unspecified atom stereocenters. The van der Waals surface area contributed by atoms with Crippen molar-refractivity contribution >= 4 is 33.0 Å². The normalized spacial score (nSPS) is 18.5. The molecular formula is C13H16ClN3O3S2. The molecule has 0 bridgehead atoms. The summed E-state index contributed by atoms with van der Waals surface area (Å²) in [4.78, 5) is 4.26. The third-order valence-corrected chi connectivity index (χ3v) is 7.07. The second kappa shape index (κ2) is 5.92. The van der Waals surface area contributed by atoms with Gasteiger partial charge in [-0.2, -0.15) is 9.71 Å². The highest BCUT2D eigenvalue weighted by Gasteiger charge is 2.42. The van der Waals surface area contributed by atoms with E-state index in [9.17, 15) is 8.42 Å². The van der Waals surface area contributed by atoms with E-state index in [0.29, 0.717) is 28.9 Å². The van der Waals surface area contributed by atoms with E-state index in [4.69, 9.17) is 16.1 Å². The highest BCUT2D eigenvalue weighted by Crippen LogP contribution is 2.38. The molecule has 0 radical (unpaired) electrons. The van der Waals surface area contributed by atoms with Gasteiger partial charge in [0.1, 0.15) is 4.21 Å². The number of rotatable bonds is 4. The standard InChI is InChI=1S/C13H16ClN3O3S2/c1-9-15-12(16-20-9)13(7-3-2-4-8-13)17-22(18,19)11-6-5-10(14)21-11/h5-6,17H,2-4,7-8H2,1H3. The number of hydrogen-bond acceptors (Lipinski definition) is 6. The minimum atomic E-state index is -3.67. The van der Waals surface area contributed by atoms with E-state index in [-0.39, 0.29) is 4.21 Å². The summed E-state index contributed by atoms with van der Waals surface area (Å²) in [5, 5.41) is 3.96. The van der Waals surface area contributed by atoms with Crippen molar-refractivity contribution in [2.75, 3.05) is 0 Å². The Morgan fingerprint density at radius 2 is 2.05 bits per heavy atom. The molecule has 2 aromatic heterocycles. The average molecular weight is 362 g/mol. The Balaban J connectivity index is 1.97. The van der Waals surface area contributed by atoms with E-state index >= 15 is 0 Å². The van der Waals surface area contributed by atoms with E-state index in [1.54, 1.807) is 13.0 Å². The maximum atomic E-state index is 12.7. The van der Waals surface area contributed by atoms with Crippen LogP contribution in [0.3, 0.4) is 0 Å². The molecule has 0 saturated heterocycles. The number of halogens is 1. The van der Waals surface area contributed by atoms with Crippen molar-refractivity contribution in [3.63, 3.8) is 0 Å². The lowest BCUT2D eigenvalue weighted by Gasteiger charge is -2.34. The third kappa shape index (κ3) is 3.05. The SMILES string of the molecule is Cc1nc(C2(NS(=O)(=O)c3ccc(Cl)s3)CCCCC2)no1. The van der Waals surface area contributed by atoms with Gasteiger partial charge in [-0.25, -0.2) is 8.42 Å². The van der Waals surface area contributed by atoms with E-state index in [1.165, 1.54) is 6.07 Å². The van der Waals surface area contributed by atoms with Gasteiger partial charge in [0.25, 0.3) is 10.0 Å². The number of aromatic nitrogens is 2. The van der Waals surface area contributed by atoms with Gasteiger partial charge in [0.15, 0.2) is 5.82 Å². The number of nitrogens with zero attached hydrogens (tertiary/aromatic N) is 2. The quantitative estimate of drug-likeness (QED) is 0.903. The fourth-order valence-corrected chi connectivity index (χ4v) is 5.67. The summed E-state index contributed by atoms with van der Waals surface area (Å²) in [6, 6.07) is 3.08. The van der Waals surface area contributed by atoms with Crippen molar-refractivity contribution in [2.45, 2.75) is 48.8 Å². The first-order valence-electron chi connectivity index (χ1n) is 7.01. The van der Waals surface area contributed by atoms with E-state index in [1.807, 2.05) is 0 Å². The molecule has 0 aliphatic heterocycles. The fraction of sp³-hybridized carbons (Fsp3) is 0.538. The minimum Gasteiger partial charge on any atom is -0.340 e. The zero-order valence-corrected chi connectivity index (χ0v) is 14.4. The second-order valence-corrected chi connectivity index (χ2v) is 9.07. The number of aryl methyl sites for hydroxylation is 1. The lowest BCUT2D eigenvalue weighted by molar-refractivity contribution is 0.249. The van der Waals surface area contributed by atoms with Crippen molar-refractivity contribution < 1.29 is 12.9 Å². The molecule has 1 fully saturated rings. The summed E-state index contributed by atoms with van der Waals surface area (Å²) in [7, 11) is -3.67. The molecule has 1 aliphatic carbocycles. The molecule has 0 spiro atoms. The molecule has 1 saturated carbocycles. The molecule has 120 valence electrons. The smallest absolute Gasteiger partial charge is 0.251 e. The van der Waals surface area contributed by atoms with Gasteiger partial charge < -0.3 is 4.52 Å². The number of sulfonamides is 1. The lowest BCUT2D eigenvalue weighted by atomic mass is 9.82. The Hall–Kier alpha value is -0.960. The summed E-state index contributed by atoms with van der Waals surface area (Å²) >= 11 is 6.88. The van der Waals surface area contributed by atoms with Gasteiger partial charge in [-0.05, 0) is 25.0 Å². The maximum absolute atomic E-state index is 12.7. The van der Waals surface area contributed by atoms with Crippen molar-refractivity contribution in [1.29, 1.82) is 0 Å². The van der Waals surface area contributed by atoms with Crippen LogP contribution < -0.4 is 4.72 Å². The first-order chi connectivity index (χ1) is 10.4. The van der Waals surface area contributed by atoms with Gasteiger partial charge in [-0.15, -0.1) is 11.3 Å². The molecule has 2 aromatic rings. The zero-order chi connectivity index (χ0) is 15.8. The van der Waals surface area contributed by atoms with Gasteiger partial charge in [0.2, 0.25) is 5.89 Å². The Morgan fingerprint density at radius 1 is 1.32 bits per heavy atom. The Kier molecular flexibility index (Phi) is 4.28. The van der Waals surface area contributed by atoms with Crippen LogP contribution in [0.4, 0.5) is 0 Å². The van der Waals surface area contributed by atoms with Crippen molar-refractivity contribution in [1.82, 2.24) is 14.9 Å². The summed E-state index contributed by atoms with van der Waals surface area (Å²) in [5.74, 6) is 0.842. The van der Waals surface area contributed by atoms with Crippen LogP contribution in [0.25, 0.3) is 0 Å². The van der Waals surface area contributed by atoms with Gasteiger partial charge in [-0.1, -0.05) is 36.0 Å². The fourth-order valence-electron chi connectivity index (χ4n) is 2.77. The van der Waals surface area contributed by atoms with Gasteiger partial charge in [-0.3, -0.25) is 0 Å². The highest BCUT2D eigenvalue weighted by molar-refractivity contribution is 7.91.